The number of hydrogen-bond donors (Lipinski definition) is 0. The molecule has 126 valence electrons. The van der Waals surface area contributed by atoms with Gasteiger partial charge in [0.25, 0.3) is 10.1 Å². The number of methoxy groups -OCH3 is 1. The average molecular weight is 330 g/mol. The maximum atomic E-state index is 12.4. The number of esters is 1. The number of carbonyl (C=O) groups is 1. The van der Waals surface area contributed by atoms with E-state index in [2.05, 4.69) is 13.8 Å². The fraction of sp³-hybridized carbons (Fsp3) is 0.938. The van der Waals surface area contributed by atoms with Gasteiger partial charge in [-0.25, -0.2) is 0 Å². The van der Waals surface area contributed by atoms with Crippen molar-refractivity contribution in [2.75, 3.05) is 13.4 Å². The highest BCUT2D eigenvalue weighted by atomic mass is 32.2. The summed E-state index contributed by atoms with van der Waals surface area (Å²) < 4.78 is 33.8. The summed E-state index contributed by atoms with van der Waals surface area (Å²) in [6, 6.07) is 0. The summed E-state index contributed by atoms with van der Waals surface area (Å²) in [6.07, 6.45) is 4.45. The van der Waals surface area contributed by atoms with Crippen LogP contribution in [0.3, 0.4) is 0 Å². The first-order valence-electron chi connectivity index (χ1n) is 8.12. The van der Waals surface area contributed by atoms with E-state index in [9.17, 15) is 13.2 Å². The molecule has 0 radical (unpaired) electrons. The first kappa shape index (κ1) is 16.2. The topological polar surface area (TPSA) is 69.7 Å². The Balaban J connectivity index is 2.01. The molecule has 5 nitrogen and oxygen atoms in total. The molecule has 0 spiro atoms. The quantitative estimate of drug-likeness (QED) is 0.586. The molecule has 0 amide bonds. The van der Waals surface area contributed by atoms with Gasteiger partial charge in [0.05, 0.1) is 25.4 Å². The van der Waals surface area contributed by atoms with Gasteiger partial charge in [-0.05, 0) is 48.9 Å². The second kappa shape index (κ2) is 5.20. The van der Waals surface area contributed by atoms with E-state index in [0.29, 0.717) is 24.2 Å². The van der Waals surface area contributed by atoms with Gasteiger partial charge in [0.1, 0.15) is 0 Å². The van der Waals surface area contributed by atoms with E-state index < -0.39 is 16.2 Å². The largest absolute Gasteiger partial charge is 0.469 e. The van der Waals surface area contributed by atoms with Crippen LogP contribution >= 0.6 is 0 Å². The number of ether oxygens (including phenoxy) is 1. The molecular weight excluding hydrogens is 304 g/mol. The predicted octanol–water partition coefficient (Wildman–Crippen LogP) is 2.21. The molecule has 0 heterocycles. The van der Waals surface area contributed by atoms with Crippen LogP contribution in [0.5, 0.6) is 0 Å². The van der Waals surface area contributed by atoms with Crippen LogP contribution in [0.25, 0.3) is 0 Å². The zero-order valence-corrected chi connectivity index (χ0v) is 14.6. The fourth-order valence-corrected chi connectivity index (χ4v) is 6.47. The van der Waals surface area contributed by atoms with E-state index >= 15 is 0 Å². The van der Waals surface area contributed by atoms with Crippen LogP contribution in [-0.2, 0) is 23.8 Å². The molecule has 0 aliphatic heterocycles. The summed E-state index contributed by atoms with van der Waals surface area (Å²) in [4.78, 5) is 12.4. The van der Waals surface area contributed by atoms with Gasteiger partial charge in [0.15, 0.2) is 0 Å². The Hall–Kier alpha value is -0.620. The Morgan fingerprint density at radius 3 is 2.36 bits per heavy atom. The molecule has 6 heteroatoms. The maximum Gasteiger partial charge on any atom is 0.309 e. The second-order valence-electron chi connectivity index (χ2n) is 7.92. The Bertz CT molecular complexity index is 567. The third-order valence-corrected chi connectivity index (χ3v) is 6.90. The molecule has 4 bridgehead atoms. The molecule has 0 aromatic rings. The fourth-order valence-electron chi connectivity index (χ4n) is 5.79. The van der Waals surface area contributed by atoms with Gasteiger partial charge in [-0.1, -0.05) is 13.8 Å². The molecule has 0 saturated heterocycles. The van der Waals surface area contributed by atoms with Crippen molar-refractivity contribution in [3.63, 3.8) is 0 Å². The maximum absolute atomic E-state index is 12.4. The molecule has 0 aromatic carbocycles. The van der Waals surface area contributed by atoms with E-state index in [-0.39, 0.29) is 23.2 Å². The molecule has 6 atom stereocenters. The Labute approximate surface area is 132 Å². The van der Waals surface area contributed by atoms with E-state index in [0.717, 1.165) is 25.5 Å². The summed E-state index contributed by atoms with van der Waals surface area (Å²) in [7, 11) is -2.11. The number of carbonyl (C=O) groups excluding carboxylic acids is 1. The molecule has 0 N–H and O–H groups in total. The minimum atomic E-state index is -3.53. The van der Waals surface area contributed by atoms with Crippen molar-refractivity contribution >= 4 is 16.1 Å². The number of hydrogen-bond acceptors (Lipinski definition) is 5. The van der Waals surface area contributed by atoms with Crippen molar-refractivity contribution < 1.29 is 22.1 Å². The third-order valence-electron chi connectivity index (χ3n) is 6.30. The van der Waals surface area contributed by atoms with Crippen molar-refractivity contribution in [3.05, 3.63) is 0 Å². The van der Waals surface area contributed by atoms with Gasteiger partial charge in [-0.3, -0.25) is 8.98 Å². The summed E-state index contributed by atoms with van der Waals surface area (Å²) in [5.41, 5.74) is 0.114. The second-order valence-corrected chi connectivity index (χ2v) is 9.52. The summed E-state index contributed by atoms with van der Waals surface area (Å²) >= 11 is 0. The molecule has 3 saturated carbocycles. The molecular formula is C16H26O5S. The normalized spacial score (nSPS) is 42.9. The van der Waals surface area contributed by atoms with E-state index in [4.69, 9.17) is 8.92 Å². The van der Waals surface area contributed by atoms with Gasteiger partial charge in [-0.15, -0.1) is 0 Å². The monoisotopic (exact) mass is 330 g/mol. The van der Waals surface area contributed by atoms with Crippen LogP contribution in [0.2, 0.25) is 0 Å². The van der Waals surface area contributed by atoms with Crippen molar-refractivity contribution in [2.24, 2.45) is 35.0 Å². The highest BCUT2D eigenvalue weighted by Gasteiger charge is 2.64. The minimum Gasteiger partial charge on any atom is -0.469 e. The van der Waals surface area contributed by atoms with Gasteiger partial charge in [0.2, 0.25) is 0 Å². The van der Waals surface area contributed by atoms with E-state index in [1.165, 1.54) is 7.11 Å². The molecule has 22 heavy (non-hydrogen) atoms. The summed E-state index contributed by atoms with van der Waals surface area (Å²) in [5.74, 6) is 0.728. The van der Waals surface area contributed by atoms with Gasteiger partial charge >= 0.3 is 5.97 Å². The highest BCUT2D eigenvalue weighted by molar-refractivity contribution is 7.86. The highest BCUT2D eigenvalue weighted by Crippen LogP contribution is 2.66. The molecule has 3 rings (SSSR count). The smallest absolute Gasteiger partial charge is 0.309 e. The predicted molar refractivity (Wildman–Crippen MR) is 81.4 cm³/mol. The van der Waals surface area contributed by atoms with Crippen LogP contribution in [0, 0.1) is 35.0 Å². The summed E-state index contributed by atoms with van der Waals surface area (Å²) in [5, 5.41) is 0. The first-order chi connectivity index (χ1) is 10.2. The lowest BCUT2D eigenvalue weighted by Gasteiger charge is -2.37. The number of rotatable bonds is 3. The lowest BCUT2D eigenvalue weighted by molar-refractivity contribution is -0.151. The van der Waals surface area contributed by atoms with Crippen LogP contribution in [0.4, 0.5) is 0 Å². The summed E-state index contributed by atoms with van der Waals surface area (Å²) in [6.45, 7) is 4.51. The molecule has 3 aliphatic rings. The van der Waals surface area contributed by atoms with Crippen LogP contribution < -0.4 is 0 Å². The third kappa shape index (κ3) is 2.48. The Morgan fingerprint density at radius 2 is 1.77 bits per heavy atom. The molecule has 0 aromatic heterocycles. The zero-order chi connectivity index (χ0) is 16.3. The molecule has 1 unspecified atom stereocenters. The Morgan fingerprint density at radius 1 is 1.14 bits per heavy atom. The molecule has 3 fully saturated rings. The SMILES string of the molecule is COC(=O)[C@H]1[C@H]2CC[C@H]3[C@@H]1C(OS(C)(=O)=O)CCC(C)(C)[C@H]23. The standard InChI is InChI=1S/C16H26O5S/c1-16(2)8-7-11(21-22(4,18)19)12-9-5-6-10(14(9)16)13(12)15(17)20-3/h9-14H,5-8H2,1-4H3/t9-,10+,11?,12+,13-,14-/m0/s1. The average Bonchev–Trinajstić information content (AvgIpc) is 2.94. The van der Waals surface area contributed by atoms with Crippen molar-refractivity contribution in [2.45, 2.75) is 45.6 Å². The van der Waals surface area contributed by atoms with Crippen molar-refractivity contribution in [1.29, 1.82) is 0 Å². The molecule has 3 aliphatic carbocycles. The lowest BCUT2D eigenvalue weighted by Crippen LogP contribution is -2.40. The van der Waals surface area contributed by atoms with Gasteiger partial charge in [0, 0.05) is 5.92 Å². The Kier molecular flexibility index (Phi) is 3.84. The van der Waals surface area contributed by atoms with Crippen LogP contribution in [-0.4, -0.2) is 33.9 Å². The van der Waals surface area contributed by atoms with Crippen molar-refractivity contribution in [3.8, 4) is 0 Å². The minimum absolute atomic E-state index is 0.0206. The zero-order valence-electron chi connectivity index (χ0n) is 13.7. The van der Waals surface area contributed by atoms with Gasteiger partial charge in [-0.2, -0.15) is 8.42 Å². The van der Waals surface area contributed by atoms with Crippen LogP contribution in [0.1, 0.15) is 39.5 Å². The first-order valence-corrected chi connectivity index (χ1v) is 9.93. The van der Waals surface area contributed by atoms with Crippen molar-refractivity contribution in [1.82, 2.24) is 0 Å². The van der Waals surface area contributed by atoms with E-state index in [1.807, 2.05) is 0 Å². The van der Waals surface area contributed by atoms with E-state index in [1.54, 1.807) is 0 Å². The van der Waals surface area contributed by atoms with Crippen LogP contribution in [0.15, 0.2) is 0 Å². The van der Waals surface area contributed by atoms with Gasteiger partial charge < -0.3 is 4.74 Å². The lowest BCUT2D eigenvalue weighted by atomic mass is 9.69.